The van der Waals surface area contributed by atoms with E-state index in [1.165, 1.54) is 10.8 Å². The molecule has 0 unspecified atom stereocenters. The Hall–Kier alpha value is -2.66. The molecule has 1 aliphatic heterocycles. The lowest BCUT2D eigenvalue weighted by molar-refractivity contribution is 0.0358. The average molecular weight is 350 g/mol. The van der Waals surface area contributed by atoms with Crippen LogP contribution < -0.4 is 0 Å². The van der Waals surface area contributed by atoms with Crippen molar-refractivity contribution in [1.82, 2.24) is 9.88 Å². The van der Waals surface area contributed by atoms with E-state index in [4.69, 9.17) is 4.42 Å². The van der Waals surface area contributed by atoms with Crippen molar-refractivity contribution in [3.8, 4) is 0 Å². The van der Waals surface area contributed by atoms with Gasteiger partial charge in [-0.15, -0.1) is 0 Å². The molecular weight excluding hydrogens is 328 g/mol. The highest BCUT2D eigenvalue weighted by Gasteiger charge is 2.33. The van der Waals surface area contributed by atoms with E-state index in [0.29, 0.717) is 24.7 Å². The van der Waals surface area contributed by atoms with Crippen LogP contribution >= 0.6 is 0 Å². The molecule has 1 saturated heterocycles. The van der Waals surface area contributed by atoms with Gasteiger partial charge in [0, 0.05) is 25.9 Å². The molecule has 0 bridgehead atoms. The molecule has 1 fully saturated rings. The molecule has 3 aromatic rings. The summed E-state index contributed by atoms with van der Waals surface area (Å²) in [6.45, 7) is 4.38. The smallest absolute Gasteiger partial charge is 0.291 e. The van der Waals surface area contributed by atoms with Crippen molar-refractivity contribution in [2.24, 2.45) is 0 Å². The second kappa shape index (κ2) is 6.57. The molecule has 1 aliphatic rings. The minimum absolute atomic E-state index is 0.0289. The van der Waals surface area contributed by atoms with Crippen molar-refractivity contribution >= 4 is 16.7 Å². The number of rotatable bonds is 2. The van der Waals surface area contributed by atoms with Crippen LogP contribution in [-0.4, -0.2) is 40.1 Å². The molecule has 1 amide bonds. The number of oxazole rings is 1. The first-order valence-electron chi connectivity index (χ1n) is 8.93. The summed E-state index contributed by atoms with van der Waals surface area (Å²) in [6, 6.07) is 14.5. The highest BCUT2D eigenvalue weighted by atomic mass is 16.4. The Morgan fingerprint density at radius 3 is 2.65 bits per heavy atom. The minimum atomic E-state index is -0.599. The first-order valence-corrected chi connectivity index (χ1v) is 8.93. The van der Waals surface area contributed by atoms with Crippen molar-refractivity contribution < 1.29 is 14.3 Å². The van der Waals surface area contributed by atoms with E-state index in [1.54, 1.807) is 18.7 Å². The monoisotopic (exact) mass is 350 g/mol. The summed E-state index contributed by atoms with van der Waals surface area (Å²) in [5.41, 5.74) is 1.72. The van der Waals surface area contributed by atoms with Gasteiger partial charge in [0.15, 0.2) is 5.89 Å². The van der Waals surface area contributed by atoms with E-state index in [9.17, 15) is 9.90 Å². The normalized spacial score (nSPS) is 20.5. The zero-order valence-electron chi connectivity index (χ0n) is 15.0. The molecule has 2 heterocycles. The van der Waals surface area contributed by atoms with Crippen LogP contribution in [0.1, 0.15) is 40.0 Å². The van der Waals surface area contributed by atoms with Crippen molar-refractivity contribution in [1.29, 1.82) is 0 Å². The zero-order valence-corrected chi connectivity index (χ0v) is 15.0. The van der Waals surface area contributed by atoms with E-state index < -0.39 is 6.10 Å². The SMILES string of the molecule is Cc1nc(C)c(C(=O)N2CC[C@@H](c3ccc4ccccc4c3)[C@H](O)C2)o1. The molecular formula is C21H22N2O3. The van der Waals surface area contributed by atoms with Crippen molar-refractivity contribution in [2.75, 3.05) is 13.1 Å². The van der Waals surface area contributed by atoms with Gasteiger partial charge in [0.05, 0.1) is 11.8 Å². The van der Waals surface area contributed by atoms with Crippen LogP contribution in [0.25, 0.3) is 10.8 Å². The van der Waals surface area contributed by atoms with E-state index in [1.807, 2.05) is 12.1 Å². The van der Waals surface area contributed by atoms with Crippen molar-refractivity contribution in [3.63, 3.8) is 0 Å². The van der Waals surface area contributed by atoms with Crippen molar-refractivity contribution in [3.05, 3.63) is 65.4 Å². The Labute approximate surface area is 152 Å². The number of hydrogen-bond donors (Lipinski definition) is 1. The van der Waals surface area contributed by atoms with E-state index in [0.717, 1.165) is 12.0 Å². The number of carbonyl (C=O) groups excluding carboxylic acids is 1. The third kappa shape index (κ3) is 2.99. The second-order valence-electron chi connectivity index (χ2n) is 6.97. The maximum atomic E-state index is 12.7. The topological polar surface area (TPSA) is 66.6 Å². The summed E-state index contributed by atoms with van der Waals surface area (Å²) in [7, 11) is 0. The summed E-state index contributed by atoms with van der Waals surface area (Å²) in [6.07, 6.45) is 0.121. The number of β-amino-alcohol motifs (C(OH)–C–C–N with tert-alkyl or cyclic N) is 1. The zero-order chi connectivity index (χ0) is 18.3. The summed E-state index contributed by atoms with van der Waals surface area (Å²) in [4.78, 5) is 18.5. The van der Waals surface area contributed by atoms with Crippen LogP contribution in [0.3, 0.4) is 0 Å². The minimum Gasteiger partial charge on any atom is -0.436 e. The summed E-state index contributed by atoms with van der Waals surface area (Å²) in [5.74, 6) is 0.594. The molecule has 134 valence electrons. The van der Waals surface area contributed by atoms with Crippen LogP contribution in [0.15, 0.2) is 46.9 Å². The molecule has 5 heteroatoms. The molecule has 0 aliphatic carbocycles. The molecule has 2 aromatic carbocycles. The molecule has 26 heavy (non-hydrogen) atoms. The molecule has 1 N–H and O–H groups in total. The lowest BCUT2D eigenvalue weighted by atomic mass is 9.86. The number of aliphatic hydroxyl groups is 1. The van der Waals surface area contributed by atoms with Crippen molar-refractivity contribution in [2.45, 2.75) is 32.3 Å². The Kier molecular flexibility index (Phi) is 4.24. The number of likely N-dealkylation sites (tertiary alicyclic amines) is 1. The summed E-state index contributed by atoms with van der Waals surface area (Å²) < 4.78 is 5.44. The first kappa shape index (κ1) is 16.8. The fourth-order valence-corrected chi connectivity index (χ4v) is 3.82. The average Bonchev–Trinajstić information content (AvgIpc) is 2.98. The van der Waals surface area contributed by atoms with Gasteiger partial charge in [0.1, 0.15) is 0 Å². The van der Waals surface area contributed by atoms with Crippen LogP contribution in [0.4, 0.5) is 0 Å². The molecule has 0 radical (unpaired) electrons. The quantitative estimate of drug-likeness (QED) is 0.769. The number of carbonyl (C=O) groups is 1. The number of nitrogens with zero attached hydrogens (tertiary/aromatic N) is 2. The van der Waals surface area contributed by atoms with Gasteiger partial charge in [0.2, 0.25) is 5.76 Å². The standard InChI is InChI=1S/C21H22N2O3/c1-13-20(26-14(2)22-13)21(25)23-10-9-18(19(24)12-23)17-8-7-15-5-3-4-6-16(15)11-17/h3-8,11,18-19,24H,9-10,12H2,1-2H3/t18-,19+/m0/s1. The maximum absolute atomic E-state index is 12.7. The molecule has 0 spiro atoms. The highest BCUT2D eigenvalue weighted by molar-refractivity contribution is 5.92. The predicted octanol–water partition coefficient (Wildman–Crippen LogP) is 3.44. The van der Waals surface area contributed by atoms with Gasteiger partial charge < -0.3 is 14.4 Å². The van der Waals surface area contributed by atoms with E-state index >= 15 is 0 Å². The number of aromatic nitrogens is 1. The van der Waals surface area contributed by atoms with E-state index in [-0.39, 0.29) is 17.6 Å². The second-order valence-corrected chi connectivity index (χ2v) is 6.97. The number of amides is 1. The van der Waals surface area contributed by atoms with Gasteiger partial charge in [0.25, 0.3) is 5.91 Å². The van der Waals surface area contributed by atoms with Gasteiger partial charge >= 0.3 is 0 Å². The maximum Gasteiger partial charge on any atom is 0.291 e. The number of piperidine rings is 1. The van der Waals surface area contributed by atoms with Crippen LogP contribution in [0.5, 0.6) is 0 Å². The van der Waals surface area contributed by atoms with Crippen LogP contribution in [0.2, 0.25) is 0 Å². The Balaban J connectivity index is 1.52. The Morgan fingerprint density at radius 2 is 1.96 bits per heavy atom. The third-order valence-electron chi connectivity index (χ3n) is 5.17. The summed E-state index contributed by atoms with van der Waals surface area (Å²) >= 11 is 0. The third-order valence-corrected chi connectivity index (χ3v) is 5.17. The first-order chi connectivity index (χ1) is 12.5. The highest BCUT2D eigenvalue weighted by Crippen LogP contribution is 2.31. The Bertz CT molecular complexity index is 963. The molecule has 1 aromatic heterocycles. The molecule has 4 rings (SSSR count). The van der Waals surface area contributed by atoms with Gasteiger partial charge in [-0.25, -0.2) is 4.98 Å². The lowest BCUT2D eigenvalue weighted by Gasteiger charge is -2.36. The van der Waals surface area contributed by atoms with Crippen LogP contribution in [0, 0.1) is 13.8 Å². The fourth-order valence-electron chi connectivity index (χ4n) is 3.82. The molecule has 5 nitrogen and oxygen atoms in total. The number of benzene rings is 2. The largest absolute Gasteiger partial charge is 0.436 e. The number of aliphatic hydroxyl groups excluding tert-OH is 1. The Morgan fingerprint density at radius 1 is 1.19 bits per heavy atom. The van der Waals surface area contributed by atoms with Gasteiger partial charge in [-0.1, -0.05) is 42.5 Å². The molecule has 2 atom stereocenters. The lowest BCUT2D eigenvalue weighted by Crippen LogP contribution is -2.45. The van der Waals surface area contributed by atoms with Gasteiger partial charge in [-0.05, 0) is 29.7 Å². The van der Waals surface area contributed by atoms with Gasteiger partial charge in [-0.3, -0.25) is 4.79 Å². The predicted molar refractivity (Wildman–Crippen MR) is 99.2 cm³/mol. The van der Waals surface area contributed by atoms with Crippen LogP contribution in [-0.2, 0) is 0 Å². The van der Waals surface area contributed by atoms with Gasteiger partial charge in [-0.2, -0.15) is 0 Å². The number of hydrogen-bond acceptors (Lipinski definition) is 4. The number of fused-ring (bicyclic) bond motifs is 1. The molecule has 0 saturated carbocycles. The summed E-state index contributed by atoms with van der Waals surface area (Å²) in [5, 5.41) is 13.1. The fraction of sp³-hybridized carbons (Fsp3) is 0.333. The number of aryl methyl sites for hydroxylation is 2. The van der Waals surface area contributed by atoms with E-state index in [2.05, 4.69) is 35.3 Å².